The molecule has 2 nitrogen and oxygen atoms in total. The fourth-order valence-electron chi connectivity index (χ4n) is 1.10. The maximum Gasteiger partial charge on any atom is 0.121 e. The summed E-state index contributed by atoms with van der Waals surface area (Å²) in [6.07, 6.45) is 0.466. The van der Waals surface area contributed by atoms with Gasteiger partial charge in [-0.2, -0.15) is 5.26 Å². The Bertz CT molecular complexity index is 355. The minimum absolute atomic E-state index is 0.132. The number of ether oxygens (including phenoxy) is 1. The van der Waals surface area contributed by atoms with Crippen molar-refractivity contribution < 1.29 is 4.74 Å². The standard InChI is InChI=1S/C11H12ClNO/c1-8(2)14-10-4-3-9(5-6-13)11(12)7-10/h3-4,7-8H,5H2,1-2H3. The van der Waals surface area contributed by atoms with Crippen molar-refractivity contribution in [2.24, 2.45) is 0 Å². The van der Waals surface area contributed by atoms with Crippen LogP contribution in [-0.2, 0) is 6.42 Å². The van der Waals surface area contributed by atoms with E-state index in [9.17, 15) is 0 Å². The van der Waals surface area contributed by atoms with Crippen molar-refractivity contribution in [1.82, 2.24) is 0 Å². The van der Waals surface area contributed by atoms with E-state index in [0.717, 1.165) is 11.3 Å². The van der Waals surface area contributed by atoms with Crippen molar-refractivity contribution in [1.29, 1.82) is 5.26 Å². The molecule has 0 saturated carbocycles. The predicted molar refractivity (Wildman–Crippen MR) is 56.5 cm³/mol. The molecule has 0 atom stereocenters. The van der Waals surface area contributed by atoms with Crippen LogP contribution in [0.2, 0.25) is 5.02 Å². The monoisotopic (exact) mass is 209 g/mol. The average molecular weight is 210 g/mol. The summed E-state index contributed by atoms with van der Waals surface area (Å²) in [6, 6.07) is 7.46. The highest BCUT2D eigenvalue weighted by Gasteiger charge is 2.03. The second kappa shape index (κ2) is 4.88. The minimum Gasteiger partial charge on any atom is -0.491 e. The van der Waals surface area contributed by atoms with E-state index in [1.807, 2.05) is 26.0 Å². The molecule has 0 saturated heterocycles. The number of hydrogen-bond donors (Lipinski definition) is 0. The Kier molecular flexibility index (Phi) is 3.79. The van der Waals surface area contributed by atoms with Gasteiger partial charge in [-0.15, -0.1) is 0 Å². The molecular formula is C11H12ClNO. The summed E-state index contributed by atoms with van der Waals surface area (Å²) in [4.78, 5) is 0. The molecule has 0 fully saturated rings. The minimum atomic E-state index is 0.132. The fourth-order valence-corrected chi connectivity index (χ4v) is 1.34. The molecule has 1 rings (SSSR count). The Hall–Kier alpha value is -1.20. The number of nitrogens with zero attached hydrogens (tertiary/aromatic N) is 1. The molecule has 0 aliphatic heterocycles. The lowest BCUT2D eigenvalue weighted by Crippen LogP contribution is -2.05. The fraction of sp³-hybridized carbons (Fsp3) is 0.364. The first-order chi connectivity index (χ1) is 6.63. The zero-order chi connectivity index (χ0) is 10.6. The summed E-state index contributed by atoms with van der Waals surface area (Å²) >= 11 is 5.96. The van der Waals surface area contributed by atoms with Crippen LogP contribution in [0.4, 0.5) is 0 Å². The van der Waals surface area contributed by atoms with Crippen molar-refractivity contribution in [3.05, 3.63) is 28.8 Å². The van der Waals surface area contributed by atoms with Gasteiger partial charge in [0.1, 0.15) is 5.75 Å². The lowest BCUT2D eigenvalue weighted by Gasteiger charge is -2.10. The molecule has 0 aliphatic carbocycles. The predicted octanol–water partition coefficient (Wildman–Crippen LogP) is 3.19. The molecule has 1 aromatic rings. The lowest BCUT2D eigenvalue weighted by atomic mass is 10.1. The van der Waals surface area contributed by atoms with E-state index in [1.165, 1.54) is 0 Å². The van der Waals surface area contributed by atoms with Crippen LogP contribution in [0.3, 0.4) is 0 Å². The maximum absolute atomic E-state index is 8.52. The molecule has 0 amide bonds. The van der Waals surface area contributed by atoms with E-state index in [4.69, 9.17) is 21.6 Å². The molecule has 14 heavy (non-hydrogen) atoms. The van der Waals surface area contributed by atoms with Crippen LogP contribution in [0.1, 0.15) is 19.4 Å². The molecular weight excluding hydrogens is 198 g/mol. The first kappa shape index (κ1) is 10.9. The van der Waals surface area contributed by atoms with E-state index in [-0.39, 0.29) is 6.10 Å². The molecule has 0 N–H and O–H groups in total. The van der Waals surface area contributed by atoms with Gasteiger partial charge >= 0.3 is 0 Å². The number of rotatable bonds is 3. The van der Waals surface area contributed by atoms with Crippen LogP contribution in [-0.4, -0.2) is 6.10 Å². The van der Waals surface area contributed by atoms with E-state index < -0.39 is 0 Å². The summed E-state index contributed by atoms with van der Waals surface area (Å²) in [7, 11) is 0. The van der Waals surface area contributed by atoms with Crippen LogP contribution in [0.5, 0.6) is 5.75 Å². The van der Waals surface area contributed by atoms with Gasteiger partial charge in [0, 0.05) is 5.02 Å². The summed E-state index contributed by atoms with van der Waals surface area (Å²) in [5.74, 6) is 0.742. The Labute approximate surface area is 89.1 Å². The molecule has 0 spiro atoms. The van der Waals surface area contributed by atoms with Gasteiger partial charge in [-0.05, 0) is 31.5 Å². The molecule has 0 aliphatic rings. The van der Waals surface area contributed by atoms with Crippen molar-refractivity contribution in [3.8, 4) is 11.8 Å². The van der Waals surface area contributed by atoms with Crippen molar-refractivity contribution >= 4 is 11.6 Å². The third kappa shape index (κ3) is 2.93. The topological polar surface area (TPSA) is 33.0 Å². The van der Waals surface area contributed by atoms with Gasteiger partial charge in [-0.3, -0.25) is 0 Å². The lowest BCUT2D eigenvalue weighted by molar-refractivity contribution is 0.242. The zero-order valence-corrected chi connectivity index (χ0v) is 9.01. The van der Waals surface area contributed by atoms with Crippen LogP contribution in [0, 0.1) is 11.3 Å². The Balaban J connectivity index is 2.84. The highest BCUT2D eigenvalue weighted by atomic mass is 35.5. The van der Waals surface area contributed by atoms with E-state index in [0.29, 0.717) is 11.4 Å². The van der Waals surface area contributed by atoms with Crippen LogP contribution < -0.4 is 4.74 Å². The molecule has 3 heteroatoms. The SMILES string of the molecule is CC(C)Oc1ccc(CC#N)c(Cl)c1. The summed E-state index contributed by atoms with van der Waals surface area (Å²) in [5, 5.41) is 9.11. The molecule has 0 aromatic heterocycles. The van der Waals surface area contributed by atoms with Crippen molar-refractivity contribution in [3.63, 3.8) is 0 Å². The van der Waals surface area contributed by atoms with Crippen LogP contribution >= 0.6 is 11.6 Å². The molecule has 0 radical (unpaired) electrons. The third-order valence-electron chi connectivity index (χ3n) is 1.67. The summed E-state index contributed by atoms with van der Waals surface area (Å²) in [5.41, 5.74) is 0.838. The third-order valence-corrected chi connectivity index (χ3v) is 2.02. The Morgan fingerprint density at radius 3 is 2.71 bits per heavy atom. The normalized spacial score (nSPS) is 9.93. The quantitative estimate of drug-likeness (QED) is 0.766. The van der Waals surface area contributed by atoms with Gasteiger partial charge in [0.2, 0.25) is 0 Å². The number of halogens is 1. The van der Waals surface area contributed by atoms with Crippen molar-refractivity contribution in [2.75, 3.05) is 0 Å². The van der Waals surface area contributed by atoms with Gasteiger partial charge in [-0.1, -0.05) is 17.7 Å². The second-order valence-electron chi connectivity index (χ2n) is 3.25. The van der Waals surface area contributed by atoms with E-state index >= 15 is 0 Å². The first-order valence-corrected chi connectivity index (χ1v) is 4.83. The van der Waals surface area contributed by atoms with E-state index in [1.54, 1.807) is 6.07 Å². The largest absolute Gasteiger partial charge is 0.491 e. The van der Waals surface area contributed by atoms with Gasteiger partial charge in [0.25, 0.3) is 0 Å². The number of benzene rings is 1. The van der Waals surface area contributed by atoms with Gasteiger partial charge < -0.3 is 4.74 Å². The maximum atomic E-state index is 8.52. The number of nitriles is 1. The average Bonchev–Trinajstić information content (AvgIpc) is 2.09. The molecule has 0 heterocycles. The highest BCUT2D eigenvalue weighted by Crippen LogP contribution is 2.23. The molecule has 0 bridgehead atoms. The van der Waals surface area contributed by atoms with Crippen LogP contribution in [0.25, 0.3) is 0 Å². The molecule has 0 unspecified atom stereocenters. The van der Waals surface area contributed by atoms with Crippen molar-refractivity contribution in [2.45, 2.75) is 26.4 Å². The number of hydrogen-bond acceptors (Lipinski definition) is 2. The zero-order valence-electron chi connectivity index (χ0n) is 8.25. The Morgan fingerprint density at radius 2 is 2.21 bits per heavy atom. The van der Waals surface area contributed by atoms with Gasteiger partial charge in [-0.25, -0.2) is 0 Å². The van der Waals surface area contributed by atoms with Crippen LogP contribution in [0.15, 0.2) is 18.2 Å². The summed E-state index contributed by atoms with van der Waals surface area (Å²) < 4.78 is 5.46. The first-order valence-electron chi connectivity index (χ1n) is 4.45. The molecule has 74 valence electrons. The van der Waals surface area contributed by atoms with E-state index in [2.05, 4.69) is 6.07 Å². The molecule has 1 aromatic carbocycles. The highest BCUT2D eigenvalue weighted by molar-refractivity contribution is 6.31. The van der Waals surface area contributed by atoms with Gasteiger partial charge in [0.05, 0.1) is 18.6 Å². The smallest absolute Gasteiger partial charge is 0.121 e. The second-order valence-corrected chi connectivity index (χ2v) is 3.66. The van der Waals surface area contributed by atoms with Gasteiger partial charge in [0.15, 0.2) is 0 Å². The Morgan fingerprint density at radius 1 is 1.50 bits per heavy atom. The summed E-state index contributed by atoms with van der Waals surface area (Å²) in [6.45, 7) is 3.91.